The Kier molecular flexibility index (Phi) is 4.96. The molecule has 0 spiro atoms. The van der Waals surface area contributed by atoms with E-state index in [-0.39, 0.29) is 0 Å². The minimum Gasteiger partial charge on any atom is -0.497 e. The molecular weight excluding hydrogens is 302 g/mol. The van der Waals surface area contributed by atoms with Crippen molar-refractivity contribution in [1.29, 1.82) is 0 Å². The van der Waals surface area contributed by atoms with Crippen molar-refractivity contribution in [3.63, 3.8) is 0 Å². The van der Waals surface area contributed by atoms with Crippen LogP contribution in [0.25, 0.3) is 5.69 Å². The van der Waals surface area contributed by atoms with Gasteiger partial charge in [-0.1, -0.05) is 0 Å². The van der Waals surface area contributed by atoms with E-state index in [1.54, 1.807) is 7.11 Å². The Morgan fingerprint density at radius 1 is 1.21 bits per heavy atom. The zero-order valence-corrected chi connectivity index (χ0v) is 14.3. The SMILES string of the molecule is COc1ccc(-n2ccnc2CNCCc2c(C)n[nH]c2C)cc1. The number of nitrogens with zero attached hydrogens (tertiary/aromatic N) is 3. The molecule has 0 radical (unpaired) electrons. The fraction of sp³-hybridized carbons (Fsp3) is 0.333. The maximum Gasteiger partial charge on any atom is 0.127 e. The van der Waals surface area contributed by atoms with Crippen LogP contribution in [0.1, 0.15) is 22.8 Å². The molecule has 0 aliphatic carbocycles. The molecule has 126 valence electrons. The molecule has 2 heterocycles. The second kappa shape index (κ2) is 7.31. The summed E-state index contributed by atoms with van der Waals surface area (Å²) in [6, 6.07) is 7.97. The van der Waals surface area contributed by atoms with Gasteiger partial charge in [0.15, 0.2) is 0 Å². The topological polar surface area (TPSA) is 67.8 Å². The van der Waals surface area contributed by atoms with Crippen LogP contribution in [0.15, 0.2) is 36.7 Å². The normalized spacial score (nSPS) is 11.0. The third-order valence-electron chi connectivity index (χ3n) is 4.18. The largest absolute Gasteiger partial charge is 0.497 e. The second-order valence-corrected chi connectivity index (χ2v) is 5.75. The van der Waals surface area contributed by atoms with Crippen molar-refractivity contribution in [1.82, 2.24) is 25.1 Å². The molecule has 0 saturated heterocycles. The van der Waals surface area contributed by atoms with Crippen molar-refractivity contribution >= 4 is 0 Å². The van der Waals surface area contributed by atoms with Crippen LogP contribution >= 0.6 is 0 Å². The maximum atomic E-state index is 5.21. The molecule has 2 N–H and O–H groups in total. The fourth-order valence-corrected chi connectivity index (χ4v) is 2.80. The first-order valence-corrected chi connectivity index (χ1v) is 8.07. The smallest absolute Gasteiger partial charge is 0.127 e. The summed E-state index contributed by atoms with van der Waals surface area (Å²) in [5, 5.41) is 10.7. The first kappa shape index (κ1) is 16.3. The highest BCUT2D eigenvalue weighted by Gasteiger charge is 2.07. The number of nitrogens with one attached hydrogen (secondary N) is 2. The van der Waals surface area contributed by atoms with Gasteiger partial charge >= 0.3 is 0 Å². The molecule has 0 aliphatic heterocycles. The summed E-state index contributed by atoms with van der Waals surface area (Å²) >= 11 is 0. The van der Waals surface area contributed by atoms with E-state index in [2.05, 4.69) is 32.0 Å². The Morgan fingerprint density at radius 2 is 2.00 bits per heavy atom. The van der Waals surface area contributed by atoms with Crippen LogP contribution in [-0.4, -0.2) is 33.4 Å². The van der Waals surface area contributed by atoms with Crippen molar-refractivity contribution in [2.75, 3.05) is 13.7 Å². The number of hydrogen-bond acceptors (Lipinski definition) is 4. The average molecular weight is 325 g/mol. The van der Waals surface area contributed by atoms with Crippen LogP contribution < -0.4 is 10.1 Å². The van der Waals surface area contributed by atoms with Gasteiger partial charge in [0.1, 0.15) is 11.6 Å². The molecule has 1 aromatic carbocycles. The van der Waals surface area contributed by atoms with E-state index in [1.165, 1.54) is 5.56 Å². The third-order valence-corrected chi connectivity index (χ3v) is 4.18. The number of rotatable bonds is 7. The van der Waals surface area contributed by atoms with Crippen molar-refractivity contribution in [2.24, 2.45) is 0 Å². The van der Waals surface area contributed by atoms with Crippen molar-refractivity contribution in [2.45, 2.75) is 26.8 Å². The van der Waals surface area contributed by atoms with Crippen LogP contribution in [0.5, 0.6) is 5.75 Å². The molecule has 3 aromatic rings. The van der Waals surface area contributed by atoms with E-state index in [4.69, 9.17) is 4.74 Å². The third kappa shape index (κ3) is 3.49. The molecule has 0 atom stereocenters. The van der Waals surface area contributed by atoms with Crippen LogP contribution in [-0.2, 0) is 13.0 Å². The predicted octanol–water partition coefficient (Wildman–Crippen LogP) is 2.55. The fourth-order valence-electron chi connectivity index (χ4n) is 2.80. The summed E-state index contributed by atoms with van der Waals surface area (Å²) in [4.78, 5) is 4.46. The summed E-state index contributed by atoms with van der Waals surface area (Å²) in [5.74, 6) is 1.84. The lowest BCUT2D eigenvalue weighted by molar-refractivity contribution is 0.414. The van der Waals surface area contributed by atoms with E-state index < -0.39 is 0 Å². The Morgan fingerprint density at radius 3 is 2.67 bits per heavy atom. The molecule has 0 unspecified atom stereocenters. The number of aryl methyl sites for hydroxylation is 2. The first-order chi connectivity index (χ1) is 11.7. The summed E-state index contributed by atoms with van der Waals surface area (Å²) in [5.41, 5.74) is 4.59. The zero-order valence-electron chi connectivity index (χ0n) is 14.3. The molecule has 0 bridgehead atoms. The lowest BCUT2D eigenvalue weighted by Crippen LogP contribution is -2.19. The lowest BCUT2D eigenvalue weighted by atomic mass is 10.1. The molecule has 0 aliphatic rings. The highest BCUT2D eigenvalue weighted by atomic mass is 16.5. The Hall–Kier alpha value is -2.60. The lowest BCUT2D eigenvalue weighted by Gasteiger charge is -2.10. The van der Waals surface area contributed by atoms with Crippen LogP contribution in [0.4, 0.5) is 0 Å². The number of imidazole rings is 1. The van der Waals surface area contributed by atoms with E-state index in [9.17, 15) is 0 Å². The standard InChI is InChI=1S/C18H23N5O/c1-13-17(14(2)22-21-13)8-9-19-12-18-20-10-11-23(18)15-4-6-16(24-3)7-5-15/h4-7,10-11,19H,8-9,12H2,1-3H3,(H,21,22). The number of aromatic nitrogens is 4. The Balaban J connectivity index is 1.59. The number of hydrogen-bond donors (Lipinski definition) is 2. The first-order valence-electron chi connectivity index (χ1n) is 8.07. The minimum atomic E-state index is 0.717. The van der Waals surface area contributed by atoms with Gasteiger partial charge in [0.2, 0.25) is 0 Å². The Labute approximate surface area is 141 Å². The summed E-state index contributed by atoms with van der Waals surface area (Å²) in [6.45, 7) is 5.70. The van der Waals surface area contributed by atoms with Crippen molar-refractivity contribution in [3.8, 4) is 11.4 Å². The van der Waals surface area contributed by atoms with Gasteiger partial charge in [-0.25, -0.2) is 4.98 Å². The summed E-state index contributed by atoms with van der Waals surface area (Å²) < 4.78 is 7.29. The quantitative estimate of drug-likeness (QED) is 0.655. The number of methoxy groups -OCH3 is 1. The van der Waals surface area contributed by atoms with Crippen LogP contribution in [0.2, 0.25) is 0 Å². The van der Waals surface area contributed by atoms with Gasteiger partial charge in [0, 0.05) is 23.8 Å². The number of benzene rings is 1. The van der Waals surface area contributed by atoms with Gasteiger partial charge in [-0.15, -0.1) is 0 Å². The molecule has 2 aromatic heterocycles. The molecule has 0 saturated carbocycles. The molecular formula is C18H23N5O. The molecule has 6 nitrogen and oxygen atoms in total. The summed E-state index contributed by atoms with van der Waals surface area (Å²) in [7, 11) is 1.67. The number of aromatic amines is 1. The van der Waals surface area contributed by atoms with Gasteiger partial charge in [0.05, 0.1) is 19.3 Å². The van der Waals surface area contributed by atoms with E-state index >= 15 is 0 Å². The maximum absolute atomic E-state index is 5.21. The van der Waals surface area contributed by atoms with Gasteiger partial charge in [-0.05, 0) is 56.6 Å². The Bertz CT molecular complexity index is 769. The van der Waals surface area contributed by atoms with Gasteiger partial charge in [-0.2, -0.15) is 5.10 Å². The van der Waals surface area contributed by atoms with Gasteiger partial charge in [-0.3, -0.25) is 5.10 Å². The van der Waals surface area contributed by atoms with E-state index in [0.717, 1.165) is 48.2 Å². The minimum absolute atomic E-state index is 0.717. The number of ether oxygens (including phenoxy) is 1. The molecule has 0 amide bonds. The second-order valence-electron chi connectivity index (χ2n) is 5.75. The summed E-state index contributed by atoms with van der Waals surface area (Å²) in [6.07, 6.45) is 4.76. The van der Waals surface area contributed by atoms with E-state index in [0.29, 0.717) is 0 Å². The molecule has 24 heavy (non-hydrogen) atoms. The van der Waals surface area contributed by atoms with Gasteiger partial charge in [0.25, 0.3) is 0 Å². The van der Waals surface area contributed by atoms with Crippen LogP contribution in [0.3, 0.4) is 0 Å². The average Bonchev–Trinajstić information content (AvgIpc) is 3.19. The molecule has 3 rings (SSSR count). The van der Waals surface area contributed by atoms with Crippen LogP contribution in [0, 0.1) is 13.8 Å². The molecule has 0 fully saturated rings. The highest BCUT2D eigenvalue weighted by molar-refractivity contribution is 5.38. The van der Waals surface area contributed by atoms with Crippen molar-refractivity contribution in [3.05, 3.63) is 59.4 Å². The predicted molar refractivity (Wildman–Crippen MR) is 93.6 cm³/mol. The number of H-pyrrole nitrogens is 1. The monoisotopic (exact) mass is 325 g/mol. The zero-order chi connectivity index (χ0) is 16.9. The van der Waals surface area contributed by atoms with Crippen molar-refractivity contribution < 1.29 is 4.74 Å². The highest BCUT2D eigenvalue weighted by Crippen LogP contribution is 2.16. The van der Waals surface area contributed by atoms with E-state index in [1.807, 2.05) is 43.6 Å². The molecule has 6 heteroatoms. The van der Waals surface area contributed by atoms with Gasteiger partial charge < -0.3 is 14.6 Å².